The van der Waals surface area contributed by atoms with Gasteiger partial charge in [-0.05, 0) is 25.0 Å². The van der Waals surface area contributed by atoms with Crippen LogP contribution in [0, 0.1) is 11.6 Å². The Hall–Kier alpha value is -2.51. The van der Waals surface area contributed by atoms with Crippen molar-refractivity contribution in [1.29, 1.82) is 0 Å². The predicted molar refractivity (Wildman–Crippen MR) is 85.7 cm³/mol. The summed E-state index contributed by atoms with van der Waals surface area (Å²) in [7, 11) is 1.58. The minimum Gasteiger partial charge on any atom is -0.324 e. The SMILES string of the molecule is CN1C(=O)N(CC(=O)Nc2ccc(F)c(F)c2)C(=O)C12CCCCC2. The van der Waals surface area contributed by atoms with Crippen LogP contribution in [-0.4, -0.2) is 46.8 Å². The van der Waals surface area contributed by atoms with Gasteiger partial charge in [0.1, 0.15) is 12.1 Å². The highest BCUT2D eigenvalue weighted by atomic mass is 19.2. The number of anilines is 1. The molecule has 2 aliphatic rings. The number of nitrogens with zero attached hydrogens (tertiary/aromatic N) is 2. The Morgan fingerprint density at radius 2 is 1.84 bits per heavy atom. The van der Waals surface area contributed by atoms with Gasteiger partial charge in [-0.25, -0.2) is 13.6 Å². The number of hydrogen-bond acceptors (Lipinski definition) is 3. The van der Waals surface area contributed by atoms with Gasteiger partial charge in [0.15, 0.2) is 11.6 Å². The Morgan fingerprint density at radius 3 is 2.48 bits per heavy atom. The average molecular weight is 351 g/mol. The van der Waals surface area contributed by atoms with Gasteiger partial charge in [0.25, 0.3) is 5.91 Å². The first-order valence-corrected chi connectivity index (χ1v) is 8.20. The second-order valence-corrected chi connectivity index (χ2v) is 6.50. The second-order valence-electron chi connectivity index (χ2n) is 6.50. The summed E-state index contributed by atoms with van der Waals surface area (Å²) in [6.45, 7) is -0.456. The molecule has 4 amide bonds. The van der Waals surface area contributed by atoms with Crippen molar-refractivity contribution in [3.05, 3.63) is 29.8 Å². The molecule has 25 heavy (non-hydrogen) atoms. The van der Waals surface area contributed by atoms with E-state index < -0.39 is 35.7 Å². The molecule has 1 N–H and O–H groups in total. The molecule has 134 valence electrons. The van der Waals surface area contributed by atoms with Gasteiger partial charge in [0, 0.05) is 18.8 Å². The molecule has 0 bridgehead atoms. The summed E-state index contributed by atoms with van der Waals surface area (Å²) < 4.78 is 26.1. The van der Waals surface area contributed by atoms with Crippen molar-refractivity contribution < 1.29 is 23.2 Å². The van der Waals surface area contributed by atoms with Crippen molar-refractivity contribution in [2.24, 2.45) is 0 Å². The van der Waals surface area contributed by atoms with Crippen LogP contribution in [-0.2, 0) is 9.59 Å². The molecule has 0 atom stereocenters. The molecular formula is C17H19F2N3O3. The van der Waals surface area contributed by atoms with Crippen molar-refractivity contribution in [3.8, 4) is 0 Å². The molecular weight excluding hydrogens is 332 g/mol. The smallest absolute Gasteiger partial charge is 0.324 e. The predicted octanol–water partition coefficient (Wildman–Crippen LogP) is 2.50. The molecule has 1 aromatic carbocycles. The third-order valence-electron chi connectivity index (χ3n) is 4.99. The van der Waals surface area contributed by atoms with Crippen LogP contribution in [0.25, 0.3) is 0 Å². The maximum Gasteiger partial charge on any atom is 0.327 e. The second kappa shape index (κ2) is 6.42. The lowest BCUT2D eigenvalue weighted by molar-refractivity contribution is -0.136. The van der Waals surface area contributed by atoms with Gasteiger partial charge < -0.3 is 10.2 Å². The first-order valence-electron chi connectivity index (χ1n) is 8.20. The van der Waals surface area contributed by atoms with Gasteiger partial charge in [0.05, 0.1) is 0 Å². The summed E-state index contributed by atoms with van der Waals surface area (Å²) in [6, 6.07) is 2.43. The Kier molecular flexibility index (Phi) is 4.45. The van der Waals surface area contributed by atoms with Crippen molar-refractivity contribution in [1.82, 2.24) is 9.80 Å². The largest absolute Gasteiger partial charge is 0.327 e. The number of hydrogen-bond donors (Lipinski definition) is 1. The highest BCUT2D eigenvalue weighted by Gasteiger charge is 2.55. The summed E-state index contributed by atoms with van der Waals surface area (Å²) in [5.41, 5.74) is -0.791. The third kappa shape index (κ3) is 2.96. The number of carbonyl (C=O) groups is 3. The highest BCUT2D eigenvalue weighted by Crippen LogP contribution is 2.39. The molecule has 1 saturated carbocycles. The van der Waals surface area contributed by atoms with Gasteiger partial charge >= 0.3 is 6.03 Å². The van der Waals surface area contributed by atoms with Gasteiger partial charge in [-0.3, -0.25) is 14.5 Å². The quantitative estimate of drug-likeness (QED) is 0.851. The highest BCUT2D eigenvalue weighted by molar-refractivity contribution is 6.10. The molecule has 1 aliphatic carbocycles. The van der Waals surface area contributed by atoms with E-state index in [-0.39, 0.29) is 11.6 Å². The number of amides is 4. The number of halogens is 2. The summed E-state index contributed by atoms with van der Waals surface area (Å²) in [4.78, 5) is 39.7. The fourth-order valence-corrected chi connectivity index (χ4v) is 3.59. The minimum atomic E-state index is -1.09. The van der Waals surface area contributed by atoms with Crippen molar-refractivity contribution in [3.63, 3.8) is 0 Å². The van der Waals surface area contributed by atoms with Crippen molar-refractivity contribution in [2.75, 3.05) is 18.9 Å². The normalized spacial score (nSPS) is 19.6. The van der Waals surface area contributed by atoms with Gasteiger partial charge in [-0.1, -0.05) is 19.3 Å². The van der Waals surface area contributed by atoms with Crippen LogP contribution >= 0.6 is 0 Å². The Labute approximate surface area is 143 Å². The standard InChI is InChI=1S/C17H19F2N3O3/c1-21-16(25)22(15(24)17(21)7-3-2-4-8-17)10-14(23)20-11-5-6-12(18)13(19)9-11/h5-6,9H,2-4,7-8,10H2,1H3,(H,20,23). The number of nitrogens with one attached hydrogen (secondary N) is 1. The topological polar surface area (TPSA) is 69.7 Å². The first kappa shape index (κ1) is 17.3. The monoisotopic (exact) mass is 351 g/mol. The zero-order valence-corrected chi connectivity index (χ0v) is 13.8. The number of likely N-dealkylation sites (N-methyl/N-ethyl adjacent to an activating group) is 1. The lowest BCUT2D eigenvalue weighted by Gasteiger charge is -2.35. The van der Waals surface area contributed by atoms with Crippen LogP contribution in [0.5, 0.6) is 0 Å². The van der Waals surface area contributed by atoms with E-state index in [1.165, 1.54) is 11.0 Å². The van der Waals surface area contributed by atoms with Gasteiger partial charge in [-0.15, -0.1) is 0 Å². The van der Waals surface area contributed by atoms with Crippen molar-refractivity contribution in [2.45, 2.75) is 37.6 Å². The Balaban J connectivity index is 1.71. The molecule has 1 aliphatic heterocycles. The molecule has 1 heterocycles. The molecule has 0 aromatic heterocycles. The number of rotatable bonds is 3. The van der Waals surface area contributed by atoms with Crippen molar-refractivity contribution >= 4 is 23.5 Å². The number of carbonyl (C=O) groups excluding carboxylic acids is 3. The summed E-state index contributed by atoms with van der Waals surface area (Å²) in [5, 5.41) is 2.37. The van der Waals surface area contributed by atoms with E-state index in [9.17, 15) is 23.2 Å². The first-order chi connectivity index (χ1) is 11.8. The number of urea groups is 1. The van der Waals surface area contributed by atoms with Crippen LogP contribution < -0.4 is 5.32 Å². The van der Waals surface area contributed by atoms with Crippen LogP contribution in [0.15, 0.2) is 18.2 Å². The van der Waals surface area contributed by atoms with Gasteiger partial charge in [0.2, 0.25) is 5.91 Å². The molecule has 1 saturated heterocycles. The maximum absolute atomic E-state index is 13.2. The lowest BCUT2D eigenvalue weighted by Crippen LogP contribution is -2.49. The summed E-state index contributed by atoms with van der Waals surface area (Å²) in [5.74, 6) is -3.12. The minimum absolute atomic E-state index is 0.0590. The summed E-state index contributed by atoms with van der Waals surface area (Å²) >= 11 is 0. The fraction of sp³-hybridized carbons (Fsp3) is 0.471. The van der Waals surface area contributed by atoms with Crippen LogP contribution in [0.4, 0.5) is 19.3 Å². The molecule has 8 heteroatoms. The zero-order valence-electron chi connectivity index (χ0n) is 13.8. The molecule has 6 nitrogen and oxygen atoms in total. The molecule has 3 rings (SSSR count). The van der Waals surface area contributed by atoms with E-state index in [2.05, 4.69) is 5.32 Å². The lowest BCUT2D eigenvalue weighted by atomic mass is 9.81. The molecule has 1 aromatic rings. The fourth-order valence-electron chi connectivity index (χ4n) is 3.59. The average Bonchev–Trinajstić information content (AvgIpc) is 2.75. The van der Waals surface area contributed by atoms with Gasteiger partial charge in [-0.2, -0.15) is 0 Å². The van der Waals surface area contributed by atoms with E-state index in [4.69, 9.17) is 0 Å². The van der Waals surface area contributed by atoms with E-state index in [1.807, 2.05) is 0 Å². The molecule has 0 unspecified atom stereocenters. The summed E-state index contributed by atoms with van der Waals surface area (Å²) in [6.07, 6.45) is 3.93. The molecule has 2 fully saturated rings. The van der Waals surface area contributed by atoms with Crippen LogP contribution in [0.2, 0.25) is 0 Å². The zero-order chi connectivity index (χ0) is 18.2. The maximum atomic E-state index is 13.2. The van der Waals surface area contributed by atoms with Crippen LogP contribution in [0.1, 0.15) is 32.1 Å². The van der Waals surface area contributed by atoms with E-state index >= 15 is 0 Å². The van der Waals surface area contributed by atoms with Crippen LogP contribution in [0.3, 0.4) is 0 Å². The molecule has 1 spiro atoms. The Bertz CT molecular complexity index is 732. The van der Waals surface area contributed by atoms with E-state index in [1.54, 1.807) is 7.05 Å². The molecule has 0 radical (unpaired) electrons. The Morgan fingerprint density at radius 1 is 1.16 bits per heavy atom. The number of benzene rings is 1. The van der Waals surface area contributed by atoms with E-state index in [0.717, 1.165) is 36.3 Å². The third-order valence-corrected chi connectivity index (χ3v) is 4.99. The number of imide groups is 1. The van der Waals surface area contributed by atoms with E-state index in [0.29, 0.717) is 12.8 Å².